The lowest BCUT2D eigenvalue weighted by atomic mass is 9.78. The number of benzene rings is 5. The summed E-state index contributed by atoms with van der Waals surface area (Å²) in [5.41, 5.74) is 7.67. The summed E-state index contributed by atoms with van der Waals surface area (Å²) in [6.45, 7) is 42.8. The van der Waals surface area contributed by atoms with Crippen molar-refractivity contribution in [3.63, 3.8) is 0 Å². The first kappa shape index (κ1) is 42.6. The SMILES string of the molecule is Cc1cc(C(C)(C)C)c(OP(Oc2cc3ccc(C(C)(C)C)cc3cc2C(C)(C)C)Oc2cc3ccc(C(C)(C)C)cc3cc2C(C)(C)C)c(C(C)(C)C)c1. The van der Waals surface area contributed by atoms with Gasteiger partial charge < -0.3 is 13.6 Å². The summed E-state index contributed by atoms with van der Waals surface area (Å²) in [4.78, 5) is 0. The molecule has 0 amide bonds. The first-order valence-corrected chi connectivity index (χ1v) is 21.2. The van der Waals surface area contributed by atoms with Gasteiger partial charge in [0, 0.05) is 22.3 Å². The third-order valence-corrected chi connectivity index (χ3v) is 11.6. The fourth-order valence-electron chi connectivity index (χ4n) is 7.09. The normalized spacial score (nSPS) is 13.5. The molecule has 0 saturated heterocycles. The van der Waals surface area contributed by atoms with Crippen LogP contribution in [0.4, 0.5) is 0 Å². The van der Waals surface area contributed by atoms with Gasteiger partial charge in [-0.1, -0.05) is 179 Å². The highest BCUT2D eigenvalue weighted by Crippen LogP contribution is 2.52. The number of fused-ring (bicyclic) bond motifs is 2. The molecule has 0 atom stereocenters. The van der Waals surface area contributed by atoms with Gasteiger partial charge in [0.25, 0.3) is 0 Å². The third-order valence-electron chi connectivity index (χ3n) is 10.6. The molecule has 0 N–H and O–H groups in total. The predicted molar refractivity (Wildman–Crippen MR) is 240 cm³/mol. The molecule has 5 rings (SSSR count). The van der Waals surface area contributed by atoms with Crippen LogP contribution in [0.5, 0.6) is 17.2 Å². The van der Waals surface area contributed by atoms with Crippen LogP contribution < -0.4 is 13.6 Å². The average Bonchev–Trinajstić information content (AvgIpc) is 3.01. The van der Waals surface area contributed by atoms with Crippen molar-refractivity contribution in [3.05, 3.63) is 112 Å². The topological polar surface area (TPSA) is 27.7 Å². The zero-order valence-electron chi connectivity index (χ0n) is 37.6. The van der Waals surface area contributed by atoms with Crippen molar-refractivity contribution in [2.45, 2.75) is 164 Å². The molecule has 0 spiro atoms. The van der Waals surface area contributed by atoms with Crippen LogP contribution in [-0.4, -0.2) is 0 Å². The summed E-state index contributed by atoms with van der Waals surface area (Å²) < 4.78 is 21.7. The van der Waals surface area contributed by atoms with Gasteiger partial charge in [0.2, 0.25) is 0 Å². The molecule has 5 aromatic rings. The quantitative estimate of drug-likeness (QED) is 0.161. The molecule has 0 bridgehead atoms. The fraction of sp³-hybridized carbons (Fsp3) is 0.490. The lowest BCUT2D eigenvalue weighted by Gasteiger charge is -2.32. The van der Waals surface area contributed by atoms with Gasteiger partial charge in [-0.15, -0.1) is 0 Å². The summed E-state index contributed by atoms with van der Waals surface area (Å²) in [6.07, 6.45) is 0. The summed E-state index contributed by atoms with van der Waals surface area (Å²) in [7, 11) is -2.01. The van der Waals surface area contributed by atoms with Gasteiger partial charge in [0.05, 0.1) is 0 Å². The van der Waals surface area contributed by atoms with E-state index >= 15 is 0 Å². The lowest BCUT2D eigenvalue weighted by molar-refractivity contribution is 0.367. The van der Waals surface area contributed by atoms with Crippen LogP contribution in [0.3, 0.4) is 0 Å². The highest BCUT2D eigenvalue weighted by molar-refractivity contribution is 7.43. The first-order chi connectivity index (χ1) is 24.9. The van der Waals surface area contributed by atoms with Gasteiger partial charge in [-0.2, -0.15) is 0 Å². The second-order valence-corrected chi connectivity index (χ2v) is 23.0. The zero-order chi connectivity index (χ0) is 41.3. The summed E-state index contributed by atoms with van der Waals surface area (Å²) in [5.74, 6) is 2.41. The van der Waals surface area contributed by atoms with Crippen LogP contribution in [0.25, 0.3) is 21.5 Å². The zero-order valence-corrected chi connectivity index (χ0v) is 38.5. The Labute approximate surface area is 335 Å². The number of rotatable bonds is 6. The van der Waals surface area contributed by atoms with Gasteiger partial charge in [-0.25, -0.2) is 0 Å². The van der Waals surface area contributed by atoms with E-state index in [1.54, 1.807) is 0 Å². The molecule has 3 nitrogen and oxygen atoms in total. The van der Waals surface area contributed by atoms with Crippen molar-refractivity contribution < 1.29 is 13.6 Å². The number of aryl methyl sites for hydroxylation is 1. The Balaban J connectivity index is 1.77. The molecular weight excluding hydrogens is 692 g/mol. The molecule has 0 aromatic heterocycles. The molecule has 296 valence electrons. The minimum Gasteiger partial charge on any atom is -0.408 e. The molecule has 0 saturated carbocycles. The molecule has 0 fully saturated rings. The molecule has 5 aromatic carbocycles. The molecule has 4 heteroatoms. The fourth-order valence-corrected chi connectivity index (χ4v) is 8.17. The molecule has 0 aliphatic carbocycles. The van der Waals surface area contributed by atoms with Crippen LogP contribution in [-0.2, 0) is 32.5 Å². The average molecular weight is 761 g/mol. The van der Waals surface area contributed by atoms with Crippen molar-refractivity contribution in [2.75, 3.05) is 0 Å². The third kappa shape index (κ3) is 9.71. The van der Waals surface area contributed by atoms with Crippen LogP contribution in [0, 0.1) is 6.92 Å². The smallest absolute Gasteiger partial charge is 0.408 e. The van der Waals surface area contributed by atoms with Gasteiger partial charge in [-0.05, 0) is 96.4 Å². The van der Waals surface area contributed by atoms with E-state index in [9.17, 15) is 0 Å². The Morgan fingerprint density at radius 1 is 0.345 bits per heavy atom. The van der Waals surface area contributed by atoms with Crippen LogP contribution >= 0.6 is 8.60 Å². The second-order valence-electron chi connectivity index (χ2n) is 22.0. The Hall–Kier alpha value is -3.55. The molecular formula is C51H69O3P. The highest BCUT2D eigenvalue weighted by Gasteiger charge is 2.34. The largest absolute Gasteiger partial charge is 0.530 e. The van der Waals surface area contributed by atoms with E-state index in [4.69, 9.17) is 13.6 Å². The van der Waals surface area contributed by atoms with Crippen LogP contribution in [0.1, 0.15) is 164 Å². The minimum atomic E-state index is -2.01. The van der Waals surface area contributed by atoms with Crippen molar-refractivity contribution in [1.82, 2.24) is 0 Å². The summed E-state index contributed by atoms with van der Waals surface area (Å²) in [6, 6.07) is 27.1. The maximum atomic E-state index is 7.30. The first-order valence-electron chi connectivity index (χ1n) is 20.1. The highest BCUT2D eigenvalue weighted by atomic mass is 31.2. The Morgan fingerprint density at radius 3 is 1.00 bits per heavy atom. The number of hydrogen-bond acceptors (Lipinski definition) is 3. The summed E-state index contributed by atoms with van der Waals surface area (Å²) in [5, 5.41) is 4.67. The lowest BCUT2D eigenvalue weighted by Crippen LogP contribution is -2.21. The van der Waals surface area contributed by atoms with Crippen molar-refractivity contribution in [1.29, 1.82) is 0 Å². The van der Waals surface area contributed by atoms with E-state index in [-0.39, 0.29) is 32.5 Å². The van der Waals surface area contributed by atoms with Crippen molar-refractivity contribution in [2.24, 2.45) is 0 Å². The minimum absolute atomic E-state index is 0.0454. The van der Waals surface area contributed by atoms with Crippen molar-refractivity contribution >= 4 is 30.1 Å². The Kier molecular flexibility index (Phi) is 11.2. The van der Waals surface area contributed by atoms with Crippen LogP contribution in [0.2, 0.25) is 0 Å². The van der Waals surface area contributed by atoms with Gasteiger partial charge in [0.1, 0.15) is 17.2 Å². The van der Waals surface area contributed by atoms with Gasteiger partial charge in [0.15, 0.2) is 0 Å². The van der Waals surface area contributed by atoms with Crippen LogP contribution in [0.15, 0.2) is 72.8 Å². The molecule has 0 unspecified atom stereocenters. The van der Waals surface area contributed by atoms with E-state index in [0.717, 1.165) is 50.3 Å². The molecule has 0 aliphatic rings. The van der Waals surface area contributed by atoms with Gasteiger partial charge in [-0.3, -0.25) is 0 Å². The Morgan fingerprint density at radius 2 is 0.691 bits per heavy atom. The standard InChI is InChI=1S/C51H69O3P/c1-32-24-41(50(14,15)16)45(42(25-32)51(17,18)19)54-55(52-43-30-33-20-22-37(46(2,3)4)26-35(33)28-39(43)48(8,9)10)53-44-31-34-21-23-38(47(5,6)7)27-36(34)29-40(44)49(11,12)13/h20-31H,1-19H3. The Bertz CT molecular complexity index is 2050. The molecule has 0 radical (unpaired) electrons. The van der Waals surface area contributed by atoms with E-state index < -0.39 is 8.60 Å². The number of hydrogen-bond donors (Lipinski definition) is 0. The van der Waals surface area contributed by atoms with E-state index in [1.165, 1.54) is 27.5 Å². The maximum absolute atomic E-state index is 7.30. The monoisotopic (exact) mass is 760 g/mol. The van der Waals surface area contributed by atoms with E-state index in [1.807, 2.05) is 0 Å². The van der Waals surface area contributed by atoms with Gasteiger partial charge >= 0.3 is 8.60 Å². The van der Waals surface area contributed by atoms with Crippen molar-refractivity contribution in [3.8, 4) is 17.2 Å². The molecule has 0 heterocycles. The molecule has 0 aliphatic heterocycles. The maximum Gasteiger partial charge on any atom is 0.530 e. The second kappa shape index (κ2) is 14.4. The van der Waals surface area contributed by atoms with E-state index in [0.29, 0.717) is 0 Å². The van der Waals surface area contributed by atoms with E-state index in [2.05, 4.69) is 204 Å². The predicted octanol–water partition coefficient (Wildman–Crippen LogP) is 15.9. The summed E-state index contributed by atoms with van der Waals surface area (Å²) >= 11 is 0. The molecule has 55 heavy (non-hydrogen) atoms.